The van der Waals surface area contributed by atoms with Gasteiger partial charge in [-0.25, -0.2) is 9.37 Å². The summed E-state index contributed by atoms with van der Waals surface area (Å²) < 4.78 is 21.3. The Balaban J connectivity index is 1.81. The number of pyridine rings is 2. The molecule has 6 nitrogen and oxygen atoms in total. The molecule has 7 heteroatoms. The van der Waals surface area contributed by atoms with Crippen molar-refractivity contribution < 1.29 is 13.9 Å². The van der Waals surface area contributed by atoms with Gasteiger partial charge in [0.15, 0.2) is 0 Å². The number of morpholine rings is 1. The van der Waals surface area contributed by atoms with Gasteiger partial charge in [0.2, 0.25) is 0 Å². The van der Waals surface area contributed by atoms with Crippen LogP contribution in [-0.2, 0) is 11.3 Å². The molecule has 4 rings (SSSR count). The molecule has 0 N–H and O–H groups in total. The van der Waals surface area contributed by atoms with Crippen molar-refractivity contribution in [3.05, 3.63) is 76.0 Å². The first-order chi connectivity index (χ1) is 13.9. The van der Waals surface area contributed by atoms with Crippen molar-refractivity contribution >= 4 is 16.9 Å². The van der Waals surface area contributed by atoms with Gasteiger partial charge in [0.25, 0.3) is 11.5 Å². The lowest BCUT2D eigenvalue weighted by Gasteiger charge is -2.35. The van der Waals surface area contributed by atoms with E-state index in [1.165, 1.54) is 10.6 Å². The summed E-state index contributed by atoms with van der Waals surface area (Å²) in [5, 5.41) is 0.654. The predicted molar refractivity (Wildman–Crippen MR) is 107 cm³/mol. The molecule has 1 saturated heterocycles. The molecule has 2 aromatic heterocycles. The van der Waals surface area contributed by atoms with Crippen LogP contribution >= 0.6 is 0 Å². The van der Waals surface area contributed by atoms with Gasteiger partial charge < -0.3 is 9.64 Å². The van der Waals surface area contributed by atoms with Crippen molar-refractivity contribution in [1.29, 1.82) is 0 Å². The van der Waals surface area contributed by atoms with Crippen molar-refractivity contribution in [2.75, 3.05) is 13.1 Å². The molecule has 0 saturated carbocycles. The van der Waals surface area contributed by atoms with Crippen LogP contribution in [-0.4, -0.2) is 45.7 Å². The van der Waals surface area contributed by atoms with Crippen LogP contribution in [0.1, 0.15) is 29.8 Å². The Labute approximate surface area is 167 Å². The Morgan fingerprint density at radius 1 is 1.17 bits per heavy atom. The number of hydrogen-bond acceptors (Lipinski definition) is 4. The third-order valence-electron chi connectivity index (χ3n) is 5.07. The molecule has 1 aliphatic heterocycles. The molecule has 0 radical (unpaired) electrons. The minimum Gasteiger partial charge on any atom is -0.372 e. The smallest absolute Gasteiger partial charge is 0.265 e. The molecular weight excluding hydrogens is 373 g/mol. The number of rotatable bonds is 3. The highest BCUT2D eigenvalue weighted by Crippen LogP contribution is 2.17. The van der Waals surface area contributed by atoms with E-state index >= 15 is 0 Å². The van der Waals surface area contributed by atoms with E-state index in [0.717, 1.165) is 0 Å². The van der Waals surface area contributed by atoms with E-state index < -0.39 is 11.4 Å². The fourth-order valence-corrected chi connectivity index (χ4v) is 3.82. The Bertz CT molecular complexity index is 1120. The summed E-state index contributed by atoms with van der Waals surface area (Å²) in [6, 6.07) is 11.4. The van der Waals surface area contributed by atoms with Crippen LogP contribution in [0.25, 0.3) is 11.0 Å². The maximum absolute atomic E-state index is 14.2. The molecule has 1 aromatic carbocycles. The zero-order valence-electron chi connectivity index (χ0n) is 16.3. The Morgan fingerprint density at radius 2 is 1.90 bits per heavy atom. The van der Waals surface area contributed by atoms with Gasteiger partial charge in [0.1, 0.15) is 17.0 Å². The van der Waals surface area contributed by atoms with Gasteiger partial charge in [-0.05, 0) is 38.1 Å². The first kappa shape index (κ1) is 19.3. The maximum atomic E-state index is 14.2. The average Bonchev–Trinajstić information content (AvgIpc) is 2.70. The molecule has 1 aliphatic rings. The number of carbonyl (C=O) groups excluding carboxylic acids is 1. The largest absolute Gasteiger partial charge is 0.372 e. The number of benzene rings is 1. The highest BCUT2D eigenvalue weighted by Gasteiger charge is 2.29. The third-order valence-corrected chi connectivity index (χ3v) is 5.07. The van der Waals surface area contributed by atoms with Crippen LogP contribution < -0.4 is 5.56 Å². The standard InChI is InChI=1S/C22H22FN3O3/c1-14-11-25(12-15(2)29-14)21(27)18-10-16-7-5-9-24-20(16)26(22(18)28)13-17-6-3-4-8-19(17)23/h3-10,14-15H,11-13H2,1-2H3. The molecule has 0 aliphatic carbocycles. The minimum absolute atomic E-state index is 0.00391. The van der Waals surface area contributed by atoms with E-state index in [4.69, 9.17) is 4.74 Å². The lowest BCUT2D eigenvalue weighted by molar-refractivity contribution is -0.0586. The van der Waals surface area contributed by atoms with Crippen LogP contribution in [0.3, 0.4) is 0 Å². The number of amides is 1. The van der Waals surface area contributed by atoms with Crippen molar-refractivity contribution in [2.45, 2.75) is 32.6 Å². The quantitative estimate of drug-likeness (QED) is 0.684. The normalized spacial score (nSPS) is 19.5. The van der Waals surface area contributed by atoms with Crippen molar-refractivity contribution in [3.8, 4) is 0 Å². The summed E-state index contributed by atoms with van der Waals surface area (Å²) in [5.74, 6) is -0.749. The second kappa shape index (κ2) is 7.75. The second-order valence-corrected chi connectivity index (χ2v) is 7.42. The highest BCUT2D eigenvalue weighted by atomic mass is 19.1. The Hall–Kier alpha value is -3.06. The van der Waals surface area contributed by atoms with E-state index in [9.17, 15) is 14.0 Å². The average molecular weight is 395 g/mol. The number of aromatic nitrogens is 2. The highest BCUT2D eigenvalue weighted by molar-refractivity contribution is 5.97. The SMILES string of the molecule is CC1CN(C(=O)c2cc3cccnc3n(Cc3ccccc3F)c2=O)CC(C)O1. The third kappa shape index (κ3) is 3.78. The molecule has 1 amide bonds. The minimum atomic E-state index is -0.476. The second-order valence-electron chi connectivity index (χ2n) is 7.42. The number of carbonyl (C=O) groups is 1. The maximum Gasteiger partial charge on any atom is 0.265 e. The van der Waals surface area contributed by atoms with E-state index in [2.05, 4.69) is 4.98 Å². The molecule has 0 bridgehead atoms. The summed E-state index contributed by atoms with van der Waals surface area (Å²) >= 11 is 0. The number of ether oxygens (including phenoxy) is 1. The van der Waals surface area contributed by atoms with Gasteiger partial charge in [-0.3, -0.25) is 14.2 Å². The summed E-state index contributed by atoms with van der Waals surface area (Å²) in [5.41, 5.74) is 0.361. The lowest BCUT2D eigenvalue weighted by Crippen LogP contribution is -2.49. The van der Waals surface area contributed by atoms with Crippen molar-refractivity contribution in [2.24, 2.45) is 0 Å². The van der Waals surface area contributed by atoms with Crippen LogP contribution in [0.15, 0.2) is 53.5 Å². The predicted octanol–water partition coefficient (Wildman–Crippen LogP) is 2.83. The summed E-state index contributed by atoms with van der Waals surface area (Å²) in [6.07, 6.45) is 1.36. The summed E-state index contributed by atoms with van der Waals surface area (Å²) in [4.78, 5) is 32.4. The summed E-state index contributed by atoms with van der Waals surface area (Å²) in [6.45, 7) is 4.63. The number of nitrogens with zero attached hydrogens (tertiary/aromatic N) is 3. The van der Waals surface area contributed by atoms with E-state index in [0.29, 0.717) is 29.7 Å². The lowest BCUT2D eigenvalue weighted by atomic mass is 10.1. The van der Waals surface area contributed by atoms with Gasteiger partial charge in [-0.1, -0.05) is 18.2 Å². The van der Waals surface area contributed by atoms with Gasteiger partial charge in [-0.2, -0.15) is 0 Å². The van der Waals surface area contributed by atoms with Crippen LogP contribution in [0.2, 0.25) is 0 Å². The first-order valence-corrected chi connectivity index (χ1v) is 9.60. The first-order valence-electron chi connectivity index (χ1n) is 9.60. The monoisotopic (exact) mass is 395 g/mol. The van der Waals surface area contributed by atoms with Crippen LogP contribution in [0.5, 0.6) is 0 Å². The fourth-order valence-electron chi connectivity index (χ4n) is 3.82. The molecule has 0 spiro atoms. The zero-order valence-corrected chi connectivity index (χ0v) is 16.3. The van der Waals surface area contributed by atoms with E-state index in [1.807, 2.05) is 13.8 Å². The summed E-state index contributed by atoms with van der Waals surface area (Å²) in [7, 11) is 0. The molecule has 2 atom stereocenters. The van der Waals surface area contributed by atoms with Crippen LogP contribution in [0, 0.1) is 5.82 Å². The molecule has 2 unspecified atom stereocenters. The fraction of sp³-hybridized carbons (Fsp3) is 0.318. The topological polar surface area (TPSA) is 64.4 Å². The van der Waals surface area contributed by atoms with Gasteiger partial charge in [-0.15, -0.1) is 0 Å². The molecule has 150 valence electrons. The number of fused-ring (bicyclic) bond motifs is 1. The Kier molecular flexibility index (Phi) is 5.15. The number of halogens is 1. The van der Waals surface area contributed by atoms with Gasteiger partial charge in [0.05, 0.1) is 18.8 Å². The number of hydrogen-bond donors (Lipinski definition) is 0. The van der Waals surface area contributed by atoms with Crippen molar-refractivity contribution in [3.63, 3.8) is 0 Å². The van der Waals surface area contributed by atoms with Crippen molar-refractivity contribution in [1.82, 2.24) is 14.5 Å². The van der Waals surface area contributed by atoms with Gasteiger partial charge in [0, 0.05) is 30.2 Å². The zero-order chi connectivity index (χ0) is 20.5. The van der Waals surface area contributed by atoms with E-state index in [1.54, 1.807) is 47.5 Å². The molecule has 3 heterocycles. The molecule has 29 heavy (non-hydrogen) atoms. The Morgan fingerprint density at radius 3 is 2.62 bits per heavy atom. The van der Waals surface area contributed by atoms with E-state index in [-0.39, 0.29) is 30.2 Å². The van der Waals surface area contributed by atoms with Gasteiger partial charge >= 0.3 is 0 Å². The molecular formula is C22H22FN3O3. The van der Waals surface area contributed by atoms with Crippen LogP contribution in [0.4, 0.5) is 4.39 Å². The molecule has 3 aromatic rings. The molecule has 1 fully saturated rings.